The third-order valence-electron chi connectivity index (χ3n) is 33.1. The molecule has 0 unspecified atom stereocenters. The van der Waals surface area contributed by atoms with Crippen LogP contribution in [0.1, 0.15) is 86.5 Å². The van der Waals surface area contributed by atoms with Crippen molar-refractivity contribution in [3.63, 3.8) is 0 Å². The highest BCUT2D eigenvalue weighted by atomic mass is 15.0. The van der Waals surface area contributed by atoms with Gasteiger partial charge in [0.15, 0.2) is 0 Å². The van der Waals surface area contributed by atoms with Crippen molar-refractivity contribution in [2.24, 2.45) is 47.3 Å². The number of benzene rings is 18. The predicted octanol–water partition coefficient (Wildman–Crippen LogP) is 31.7. The van der Waals surface area contributed by atoms with Gasteiger partial charge in [0.25, 0.3) is 0 Å². The lowest BCUT2D eigenvalue weighted by molar-refractivity contribution is -0.0399. The van der Waals surface area contributed by atoms with Crippen LogP contribution < -0.4 is 0 Å². The SMILES string of the molecule is c1ccc2c(c1)-c1ccc(-n3c4ccccc4c4cc(-c5ccc6c(c5)c5ccccc5n6-c5ccc(-c6ccc7ccccc7c6)cc5)ccc43)cc1C21C2CC3CC(C2)CC1C3.c1ccc2c(c1)-c1ccc(-n3c4ccccc4c4cc(-c5ccc6c(c5)c5ccccc5n6-c5ccc6c(ccc7ccccc76)c5)ccc43)cc1C21C2CC3CC(C2)CC1C3. The van der Waals surface area contributed by atoms with Crippen LogP contribution in [0.15, 0.2) is 376 Å². The van der Waals surface area contributed by atoms with E-state index >= 15 is 0 Å². The first-order valence-electron chi connectivity index (χ1n) is 46.5. The second-order valence-electron chi connectivity index (χ2n) is 39.0. The van der Waals surface area contributed by atoms with Crippen LogP contribution in [-0.4, -0.2) is 18.3 Å². The zero-order valence-electron chi connectivity index (χ0n) is 70.3. The number of para-hydroxylation sites is 4. The molecule has 0 radical (unpaired) electrons. The van der Waals surface area contributed by atoms with E-state index < -0.39 is 0 Å². The molecule has 8 bridgehead atoms. The second kappa shape index (κ2) is 26.3. The molecule has 126 heavy (non-hydrogen) atoms. The molecule has 0 aliphatic heterocycles. The van der Waals surface area contributed by atoms with Crippen molar-refractivity contribution in [2.75, 3.05) is 0 Å². The van der Waals surface area contributed by atoms with Gasteiger partial charge in [-0.3, -0.25) is 0 Å². The van der Waals surface area contributed by atoms with Gasteiger partial charge < -0.3 is 18.3 Å². The monoisotopic (exact) mass is 1610 g/mol. The first kappa shape index (κ1) is 70.4. The molecule has 22 aromatic rings. The Labute approximate surface area is 731 Å². The third kappa shape index (κ3) is 9.80. The zero-order chi connectivity index (χ0) is 81.9. The van der Waals surface area contributed by atoms with Gasteiger partial charge in [-0.15, -0.1) is 0 Å². The Balaban J connectivity index is 0.000000126. The van der Waals surface area contributed by atoms with Gasteiger partial charge in [-0.05, 0) is 349 Å². The summed E-state index contributed by atoms with van der Waals surface area (Å²) in [5.74, 6) is 6.70. The molecule has 2 spiro atoms. The van der Waals surface area contributed by atoms with Gasteiger partial charge in [-0.2, -0.15) is 0 Å². The fourth-order valence-electron chi connectivity index (χ4n) is 28.6. The van der Waals surface area contributed by atoms with Crippen molar-refractivity contribution in [3.8, 4) is 78.4 Å². The maximum Gasteiger partial charge on any atom is 0.0541 e. The van der Waals surface area contributed by atoms with Crippen LogP contribution in [0.5, 0.6) is 0 Å². The molecule has 598 valence electrons. The molecule has 4 nitrogen and oxygen atoms in total. The van der Waals surface area contributed by atoms with E-state index in [9.17, 15) is 0 Å². The van der Waals surface area contributed by atoms with E-state index in [0.29, 0.717) is 0 Å². The van der Waals surface area contributed by atoms with Crippen molar-refractivity contribution < 1.29 is 0 Å². The summed E-state index contributed by atoms with van der Waals surface area (Å²) in [5.41, 5.74) is 35.0. The van der Waals surface area contributed by atoms with Gasteiger partial charge in [0.2, 0.25) is 0 Å². The Morgan fingerprint density at radius 3 is 0.905 bits per heavy atom. The van der Waals surface area contributed by atoms with Gasteiger partial charge in [0, 0.05) is 76.7 Å². The minimum absolute atomic E-state index is 0.143. The summed E-state index contributed by atoms with van der Waals surface area (Å²) in [4.78, 5) is 0. The molecular weight excluding hydrogens is 1520 g/mol. The summed E-state index contributed by atoms with van der Waals surface area (Å²) in [6, 6.07) is 143. The van der Waals surface area contributed by atoms with E-state index in [1.54, 1.807) is 22.3 Å². The van der Waals surface area contributed by atoms with Crippen molar-refractivity contribution in [3.05, 3.63) is 398 Å². The van der Waals surface area contributed by atoms with Gasteiger partial charge in [0.05, 0.1) is 44.1 Å². The van der Waals surface area contributed by atoms with Crippen LogP contribution in [-0.2, 0) is 10.8 Å². The Kier molecular flexibility index (Phi) is 14.7. The van der Waals surface area contributed by atoms with Crippen molar-refractivity contribution in [1.29, 1.82) is 0 Å². The fraction of sp³-hybridized carbons (Fsp3) is 0.164. The van der Waals surface area contributed by atoms with Gasteiger partial charge in [0.1, 0.15) is 0 Å². The summed E-state index contributed by atoms with van der Waals surface area (Å²) in [6.45, 7) is 0. The highest BCUT2D eigenvalue weighted by Crippen LogP contribution is 2.72. The van der Waals surface area contributed by atoms with Crippen LogP contribution in [0.3, 0.4) is 0 Å². The van der Waals surface area contributed by atoms with E-state index in [2.05, 4.69) is 394 Å². The summed E-state index contributed by atoms with van der Waals surface area (Å²) >= 11 is 0. The second-order valence-corrected chi connectivity index (χ2v) is 39.0. The predicted molar refractivity (Wildman–Crippen MR) is 526 cm³/mol. The first-order chi connectivity index (χ1) is 62.4. The average Bonchev–Trinajstić information content (AvgIpc) is 1.51. The molecule has 8 fully saturated rings. The summed E-state index contributed by atoms with van der Waals surface area (Å²) in [7, 11) is 0. The molecule has 10 aliphatic carbocycles. The van der Waals surface area contributed by atoms with Crippen molar-refractivity contribution >= 4 is 120 Å². The van der Waals surface area contributed by atoms with Crippen molar-refractivity contribution in [2.45, 2.75) is 75.0 Å². The van der Waals surface area contributed by atoms with Crippen LogP contribution >= 0.6 is 0 Å². The minimum atomic E-state index is 0.143. The lowest BCUT2D eigenvalue weighted by atomic mass is 9.43. The summed E-state index contributed by atoms with van der Waals surface area (Å²) < 4.78 is 9.99. The molecule has 0 saturated heterocycles. The molecule has 4 aromatic heterocycles. The smallest absolute Gasteiger partial charge is 0.0541 e. The maximum atomic E-state index is 2.64. The minimum Gasteiger partial charge on any atom is -0.309 e. The first-order valence-corrected chi connectivity index (χ1v) is 46.5. The Bertz CT molecular complexity index is 8400. The normalized spacial score (nSPS) is 22.0. The lowest BCUT2D eigenvalue weighted by Gasteiger charge is -2.61. The standard InChI is InChI=1S/C62H46N2.C60H44N2/c1-2-10-42-34-43(18-17-40(42)9-1)41-19-23-48(24-20-41)63-58-15-7-4-12-52(58)54-35-44(21-27-60(54)63)45-22-28-61-55(36-45)53-13-5-8-16-59(53)64(61)49-25-26-51-50-11-3-6-14-56(50)62(57(51)37-49)46-30-38-29-39(32-46)33-47(62)31-38;1-2-10-46-38(9-1)17-18-41-32-44(21-23-47(41)46)61-56-15-7-4-12-50(56)52-33-39(19-25-58(52)61)40-20-26-59-53(34-40)51-13-5-8-16-57(51)62(59)45-22-24-49-48-11-3-6-14-54(48)60(55(49)35-45)42-28-36-27-37(30-42)31-43(60)29-36/h1-28,34-39,46-47H,29-33H2;1-26,32-37,42-43H,27-31H2. The summed E-state index contributed by atoms with van der Waals surface area (Å²) in [5, 5.41) is 18.0. The molecule has 18 aromatic carbocycles. The third-order valence-corrected chi connectivity index (χ3v) is 33.1. The number of rotatable bonds is 7. The Morgan fingerprint density at radius 1 is 0.167 bits per heavy atom. The van der Waals surface area contributed by atoms with Gasteiger partial charge in [-0.25, -0.2) is 0 Å². The highest BCUT2D eigenvalue weighted by Gasteiger charge is 2.63. The average molecular weight is 1610 g/mol. The van der Waals surface area contributed by atoms with E-state index in [0.717, 1.165) is 47.3 Å². The molecule has 4 heteroatoms. The number of hydrogen-bond donors (Lipinski definition) is 0. The Morgan fingerprint density at radius 2 is 0.460 bits per heavy atom. The molecule has 8 saturated carbocycles. The molecular formula is C122H90N4. The number of hydrogen-bond acceptors (Lipinski definition) is 0. The van der Waals surface area contributed by atoms with E-state index in [1.165, 1.54) is 262 Å². The zero-order valence-corrected chi connectivity index (χ0v) is 70.3. The van der Waals surface area contributed by atoms with Crippen LogP contribution in [0.4, 0.5) is 0 Å². The summed E-state index contributed by atoms with van der Waals surface area (Å²) in [6.07, 6.45) is 14.1. The number of fused-ring (bicyclic) bond motifs is 22. The molecule has 10 aliphatic rings. The van der Waals surface area contributed by atoms with Gasteiger partial charge >= 0.3 is 0 Å². The van der Waals surface area contributed by atoms with Gasteiger partial charge in [-0.1, -0.05) is 249 Å². The molecule has 0 amide bonds. The highest BCUT2D eigenvalue weighted by molar-refractivity contribution is 6.16. The maximum absolute atomic E-state index is 2.64. The fourth-order valence-corrected chi connectivity index (χ4v) is 28.6. The molecule has 4 heterocycles. The topological polar surface area (TPSA) is 19.7 Å². The number of aromatic nitrogens is 4. The van der Waals surface area contributed by atoms with E-state index in [-0.39, 0.29) is 10.8 Å². The lowest BCUT2D eigenvalue weighted by Crippen LogP contribution is -2.55. The van der Waals surface area contributed by atoms with Crippen LogP contribution in [0.2, 0.25) is 0 Å². The largest absolute Gasteiger partial charge is 0.309 e. The Hall–Kier alpha value is -14.1. The number of nitrogens with zero attached hydrogens (tertiary/aromatic N) is 4. The quantitative estimate of drug-likeness (QED) is 0.142. The van der Waals surface area contributed by atoms with Crippen molar-refractivity contribution in [1.82, 2.24) is 18.3 Å². The van der Waals surface area contributed by atoms with Crippen LogP contribution in [0.25, 0.3) is 198 Å². The molecule has 0 N–H and O–H groups in total. The van der Waals surface area contributed by atoms with Crippen LogP contribution in [0, 0.1) is 47.3 Å². The molecule has 0 atom stereocenters. The molecule has 32 rings (SSSR count). The van der Waals surface area contributed by atoms with E-state index in [4.69, 9.17) is 0 Å². The van der Waals surface area contributed by atoms with E-state index in [1.807, 2.05) is 0 Å².